The molecule has 0 heterocycles. The van der Waals surface area contributed by atoms with E-state index in [1.54, 1.807) is 6.92 Å². The molecule has 5 heteroatoms. The second-order valence-electron chi connectivity index (χ2n) is 5.10. The maximum Gasteiger partial charge on any atom is 0.128 e. The third-order valence-electron chi connectivity index (χ3n) is 3.33. The van der Waals surface area contributed by atoms with Gasteiger partial charge in [0.25, 0.3) is 0 Å². The van der Waals surface area contributed by atoms with Crippen LogP contribution in [0.25, 0.3) is 0 Å². The van der Waals surface area contributed by atoms with Crippen LogP contribution in [0.3, 0.4) is 0 Å². The summed E-state index contributed by atoms with van der Waals surface area (Å²) in [5.41, 5.74) is 6.32. The normalized spacial score (nSPS) is 14.9. The lowest BCUT2D eigenvalue weighted by Gasteiger charge is -2.21. The van der Waals surface area contributed by atoms with E-state index in [2.05, 4.69) is 21.4 Å². The number of benzene rings is 1. The van der Waals surface area contributed by atoms with E-state index in [4.69, 9.17) is 10.3 Å². The molecule has 0 fully saturated rings. The van der Waals surface area contributed by atoms with E-state index < -0.39 is 6.10 Å². The van der Waals surface area contributed by atoms with Crippen LogP contribution in [0.2, 0.25) is 0 Å². The van der Waals surface area contributed by atoms with Crippen molar-refractivity contribution < 1.29 is 9.63 Å². The first-order chi connectivity index (χ1) is 9.56. The summed E-state index contributed by atoms with van der Waals surface area (Å²) < 4.78 is 5.21. The van der Waals surface area contributed by atoms with Gasteiger partial charge in [-0.25, -0.2) is 0 Å². The Kier molecular flexibility index (Phi) is 7.56. The Hall–Kier alpha value is -1.12. The number of aliphatic hydroxyl groups is 1. The number of hydrogen-bond donors (Lipinski definition) is 2. The van der Waals surface area contributed by atoms with Gasteiger partial charge in [0, 0.05) is 12.1 Å². The molecule has 0 saturated heterocycles. The fourth-order valence-corrected chi connectivity index (χ4v) is 2.34. The van der Waals surface area contributed by atoms with Crippen LogP contribution in [0.1, 0.15) is 44.8 Å². The van der Waals surface area contributed by atoms with Crippen LogP contribution in [0.4, 0.5) is 0 Å². The van der Waals surface area contributed by atoms with E-state index in [-0.39, 0.29) is 5.92 Å². The Morgan fingerprint density at radius 2 is 2.10 bits per heavy atom. The number of aliphatic imine (C=N–C) groups is 1. The molecular weight excluding hydrogens is 271 g/mol. The van der Waals surface area contributed by atoms with Gasteiger partial charge in [-0.05, 0) is 31.7 Å². The highest BCUT2D eigenvalue weighted by Crippen LogP contribution is 2.32. The predicted molar refractivity (Wildman–Crippen MR) is 86.9 cm³/mol. The highest BCUT2D eigenvalue weighted by molar-refractivity contribution is 7.10. The van der Waals surface area contributed by atoms with Crippen molar-refractivity contribution in [1.82, 2.24) is 0 Å². The second-order valence-corrected chi connectivity index (χ2v) is 5.33. The average Bonchev–Trinajstić information content (AvgIpc) is 2.45. The largest absolute Gasteiger partial charge is 0.480 e. The van der Waals surface area contributed by atoms with E-state index in [0.717, 1.165) is 31.4 Å². The highest BCUT2D eigenvalue weighted by atomic mass is 31.0. The summed E-state index contributed by atoms with van der Waals surface area (Å²) in [7, 11) is 2.23. The molecule has 0 aromatic heterocycles. The van der Waals surface area contributed by atoms with Crippen LogP contribution in [-0.4, -0.2) is 17.5 Å². The quantitative estimate of drug-likeness (QED) is 0.335. The number of unbranched alkanes of at least 4 members (excludes halogenated alkanes) is 1. The summed E-state index contributed by atoms with van der Waals surface area (Å²) in [6.07, 6.45) is 2.46. The molecule has 3 atom stereocenters. The lowest BCUT2D eigenvalue weighted by atomic mass is 9.92. The molecule has 1 aromatic rings. The first-order valence-corrected chi connectivity index (χ1v) is 7.43. The summed E-state index contributed by atoms with van der Waals surface area (Å²) >= 11 is 0. The molecule has 0 radical (unpaired) electrons. The first kappa shape index (κ1) is 16.9. The van der Waals surface area contributed by atoms with E-state index >= 15 is 0 Å². The van der Waals surface area contributed by atoms with E-state index in [1.165, 1.54) is 0 Å². The van der Waals surface area contributed by atoms with Gasteiger partial charge in [-0.1, -0.05) is 31.5 Å². The van der Waals surface area contributed by atoms with Gasteiger partial charge in [0.2, 0.25) is 0 Å². The highest BCUT2D eigenvalue weighted by Gasteiger charge is 2.19. The number of amidine groups is 1. The number of hydrogen-bond acceptors (Lipinski definition) is 3. The summed E-state index contributed by atoms with van der Waals surface area (Å²) in [6.45, 7) is 4.62. The van der Waals surface area contributed by atoms with Gasteiger partial charge in [0.05, 0.1) is 21.4 Å². The summed E-state index contributed by atoms with van der Waals surface area (Å²) in [5, 5.41) is 10.4. The zero-order valence-electron chi connectivity index (χ0n) is 12.2. The van der Waals surface area contributed by atoms with Gasteiger partial charge < -0.3 is 15.4 Å². The number of rotatable bonds is 8. The maximum absolute atomic E-state index is 10.4. The van der Waals surface area contributed by atoms with Gasteiger partial charge in [-0.2, -0.15) is 0 Å². The molecule has 2 unspecified atom stereocenters. The van der Waals surface area contributed by atoms with Gasteiger partial charge in [-0.3, -0.25) is 4.99 Å². The molecular formula is C15H25N2O2P. The summed E-state index contributed by atoms with van der Waals surface area (Å²) in [6, 6.07) is 7.57. The van der Waals surface area contributed by atoms with Gasteiger partial charge >= 0.3 is 0 Å². The zero-order valence-corrected chi connectivity index (χ0v) is 13.4. The van der Waals surface area contributed by atoms with Crippen molar-refractivity contribution in [3.63, 3.8) is 0 Å². The van der Waals surface area contributed by atoms with Crippen LogP contribution in [0, 0.1) is 5.92 Å². The van der Waals surface area contributed by atoms with Crippen molar-refractivity contribution in [2.45, 2.75) is 39.2 Å². The SMILES string of the molecule is CC(N)=NCCCC[C@H](C)C(O)c1ccccc1OP. The third-order valence-corrected chi connectivity index (χ3v) is 3.59. The molecule has 0 spiro atoms. The monoisotopic (exact) mass is 296 g/mol. The molecule has 0 aliphatic heterocycles. The van der Waals surface area contributed by atoms with E-state index in [0.29, 0.717) is 11.6 Å². The number of para-hydroxylation sites is 1. The van der Waals surface area contributed by atoms with E-state index in [1.807, 2.05) is 24.3 Å². The Morgan fingerprint density at radius 3 is 2.75 bits per heavy atom. The minimum absolute atomic E-state index is 0.180. The molecule has 0 saturated carbocycles. The Morgan fingerprint density at radius 1 is 1.40 bits per heavy atom. The number of nitrogens with two attached hydrogens (primary N) is 1. The van der Waals surface area contributed by atoms with E-state index in [9.17, 15) is 5.11 Å². The van der Waals surface area contributed by atoms with Crippen molar-refractivity contribution >= 4 is 15.3 Å². The van der Waals surface area contributed by atoms with Crippen LogP contribution >= 0.6 is 9.47 Å². The first-order valence-electron chi connectivity index (χ1n) is 6.96. The average molecular weight is 296 g/mol. The minimum atomic E-state index is -0.508. The second kappa shape index (κ2) is 8.93. The Bertz CT molecular complexity index is 434. The molecule has 0 aliphatic rings. The topological polar surface area (TPSA) is 67.8 Å². The van der Waals surface area contributed by atoms with Crippen LogP contribution in [0.5, 0.6) is 5.75 Å². The fourth-order valence-electron chi connectivity index (χ4n) is 2.13. The molecule has 0 bridgehead atoms. The van der Waals surface area contributed by atoms with Crippen molar-refractivity contribution in [3.8, 4) is 5.75 Å². The zero-order chi connectivity index (χ0) is 15.0. The molecule has 0 amide bonds. The smallest absolute Gasteiger partial charge is 0.128 e. The lowest BCUT2D eigenvalue weighted by Crippen LogP contribution is -2.10. The molecule has 3 N–H and O–H groups in total. The molecule has 112 valence electrons. The Labute approximate surface area is 123 Å². The lowest BCUT2D eigenvalue weighted by molar-refractivity contribution is 0.110. The molecule has 20 heavy (non-hydrogen) atoms. The summed E-state index contributed by atoms with van der Waals surface area (Å²) in [5.74, 6) is 1.52. The van der Waals surface area contributed by atoms with Crippen LogP contribution in [-0.2, 0) is 0 Å². The van der Waals surface area contributed by atoms with Crippen LogP contribution < -0.4 is 10.3 Å². The Balaban J connectivity index is 2.46. The number of aliphatic hydroxyl groups excluding tert-OH is 1. The predicted octanol–water partition coefficient (Wildman–Crippen LogP) is 3.07. The standard InChI is InChI=1S/C15H25N2O2P/c1-11(7-5-6-10-17-12(2)16)15(18)13-8-3-4-9-14(13)19-20/h3-4,8-9,11,15,18H,5-7,10,20H2,1-2H3,(H2,16,17)/t11-,15?/m0/s1. The van der Waals surface area contributed by atoms with Crippen molar-refractivity contribution in [1.29, 1.82) is 0 Å². The summed E-state index contributed by atoms with van der Waals surface area (Å²) in [4.78, 5) is 4.16. The van der Waals surface area contributed by atoms with Gasteiger partial charge in [0.1, 0.15) is 5.75 Å². The fraction of sp³-hybridized carbons (Fsp3) is 0.533. The third kappa shape index (κ3) is 5.48. The minimum Gasteiger partial charge on any atom is -0.480 e. The molecule has 1 rings (SSSR count). The van der Waals surface area contributed by atoms with Gasteiger partial charge in [-0.15, -0.1) is 0 Å². The number of nitrogens with zero attached hydrogens (tertiary/aromatic N) is 1. The molecule has 0 aliphatic carbocycles. The van der Waals surface area contributed by atoms with Crippen molar-refractivity contribution in [2.24, 2.45) is 16.6 Å². The molecule has 1 aromatic carbocycles. The van der Waals surface area contributed by atoms with Crippen molar-refractivity contribution in [2.75, 3.05) is 6.54 Å². The van der Waals surface area contributed by atoms with Crippen molar-refractivity contribution in [3.05, 3.63) is 29.8 Å². The molecule has 4 nitrogen and oxygen atoms in total. The van der Waals surface area contributed by atoms with Gasteiger partial charge in [0.15, 0.2) is 0 Å². The maximum atomic E-state index is 10.4. The van der Waals surface area contributed by atoms with Crippen LogP contribution in [0.15, 0.2) is 29.3 Å².